The number of nitrogens with zero attached hydrogens (tertiary/aromatic N) is 2. The Morgan fingerprint density at radius 1 is 1.15 bits per heavy atom. The Morgan fingerprint density at radius 2 is 1.88 bits per heavy atom. The molecular formula is C19H18N4O2S. The quantitative estimate of drug-likeness (QED) is 0.506. The smallest absolute Gasteiger partial charge is 0.221 e. The van der Waals surface area contributed by atoms with Crippen LogP contribution in [0.2, 0.25) is 0 Å². The molecule has 3 rings (SSSR count). The van der Waals surface area contributed by atoms with Crippen molar-refractivity contribution < 1.29 is 9.53 Å². The number of amides is 1. The number of hydrazone groups is 1. The van der Waals surface area contributed by atoms with Gasteiger partial charge in [-0.1, -0.05) is 41.7 Å². The molecule has 6 nitrogen and oxygen atoms in total. The molecule has 2 aromatic carbocycles. The summed E-state index contributed by atoms with van der Waals surface area (Å²) in [5, 5.41) is 8.32. The molecule has 7 heteroatoms. The largest absolute Gasteiger partial charge is 0.497 e. The van der Waals surface area contributed by atoms with E-state index in [1.54, 1.807) is 13.3 Å². The maximum atomic E-state index is 11.5. The second-order valence-electron chi connectivity index (χ2n) is 5.39. The minimum atomic E-state index is -0.140. The molecule has 0 aliphatic heterocycles. The first-order valence-corrected chi connectivity index (χ1v) is 8.74. The van der Waals surface area contributed by atoms with Crippen molar-refractivity contribution in [1.29, 1.82) is 0 Å². The third-order valence-corrected chi connectivity index (χ3v) is 4.33. The van der Waals surface area contributed by atoms with Gasteiger partial charge in [0.2, 0.25) is 11.0 Å². The summed E-state index contributed by atoms with van der Waals surface area (Å²) in [5.41, 5.74) is 5.50. The van der Waals surface area contributed by atoms with Crippen molar-refractivity contribution in [3.63, 3.8) is 0 Å². The number of aromatic nitrogens is 1. The first-order valence-electron chi connectivity index (χ1n) is 7.92. The third-order valence-electron chi connectivity index (χ3n) is 3.45. The first kappa shape index (κ1) is 17.6. The van der Waals surface area contributed by atoms with E-state index in [4.69, 9.17) is 4.74 Å². The van der Waals surface area contributed by atoms with E-state index < -0.39 is 0 Å². The van der Waals surface area contributed by atoms with Crippen LogP contribution in [-0.4, -0.2) is 24.2 Å². The van der Waals surface area contributed by atoms with Crippen LogP contribution in [0, 0.1) is 0 Å². The number of ether oxygens (including phenoxy) is 1. The number of rotatable bonds is 6. The lowest BCUT2D eigenvalue weighted by molar-refractivity contribution is -0.114. The number of methoxy groups -OCH3 is 1. The van der Waals surface area contributed by atoms with Gasteiger partial charge in [-0.05, 0) is 29.8 Å². The molecule has 26 heavy (non-hydrogen) atoms. The Morgan fingerprint density at radius 3 is 2.54 bits per heavy atom. The van der Waals surface area contributed by atoms with E-state index in [1.807, 2.05) is 54.6 Å². The van der Waals surface area contributed by atoms with E-state index in [2.05, 4.69) is 20.8 Å². The fourth-order valence-electron chi connectivity index (χ4n) is 2.26. The summed E-state index contributed by atoms with van der Waals surface area (Å²) in [7, 11) is 1.63. The van der Waals surface area contributed by atoms with Gasteiger partial charge in [-0.25, -0.2) is 4.98 Å². The highest BCUT2D eigenvalue weighted by molar-refractivity contribution is 7.20. The minimum absolute atomic E-state index is 0.140. The van der Waals surface area contributed by atoms with Gasteiger partial charge in [0.25, 0.3) is 0 Å². The molecule has 1 amide bonds. The number of hydrogen-bond acceptors (Lipinski definition) is 6. The maximum absolute atomic E-state index is 11.5. The van der Waals surface area contributed by atoms with Crippen LogP contribution in [0.15, 0.2) is 59.7 Å². The highest BCUT2D eigenvalue weighted by Gasteiger charge is 2.13. The molecule has 0 aliphatic carbocycles. The molecule has 0 spiro atoms. The molecule has 0 saturated heterocycles. The Balaban J connectivity index is 1.78. The van der Waals surface area contributed by atoms with Crippen molar-refractivity contribution in [2.45, 2.75) is 6.92 Å². The summed E-state index contributed by atoms with van der Waals surface area (Å²) in [5.74, 6) is 0.654. The summed E-state index contributed by atoms with van der Waals surface area (Å²) in [6.07, 6.45) is 1.70. The molecule has 0 aliphatic rings. The minimum Gasteiger partial charge on any atom is -0.497 e. The highest BCUT2D eigenvalue weighted by atomic mass is 32.1. The highest BCUT2D eigenvalue weighted by Crippen LogP contribution is 2.35. The molecule has 0 radical (unpaired) electrons. The van der Waals surface area contributed by atoms with Crippen molar-refractivity contribution in [1.82, 2.24) is 4.98 Å². The van der Waals surface area contributed by atoms with Crippen molar-refractivity contribution >= 4 is 33.6 Å². The van der Waals surface area contributed by atoms with E-state index >= 15 is 0 Å². The van der Waals surface area contributed by atoms with Crippen molar-refractivity contribution in [3.05, 3.63) is 60.2 Å². The van der Waals surface area contributed by atoms with E-state index in [1.165, 1.54) is 18.3 Å². The van der Waals surface area contributed by atoms with Gasteiger partial charge in [-0.15, -0.1) is 0 Å². The average Bonchev–Trinajstić information content (AvgIpc) is 3.05. The Bertz CT molecular complexity index is 905. The zero-order chi connectivity index (χ0) is 18.4. The summed E-state index contributed by atoms with van der Waals surface area (Å²) in [6.45, 7) is 1.48. The van der Waals surface area contributed by atoms with Gasteiger partial charge in [0.15, 0.2) is 0 Å². The van der Waals surface area contributed by atoms with Crippen molar-refractivity contribution in [2.24, 2.45) is 5.10 Å². The zero-order valence-corrected chi connectivity index (χ0v) is 15.2. The Hall–Kier alpha value is -3.19. The van der Waals surface area contributed by atoms with Gasteiger partial charge in [0, 0.05) is 12.5 Å². The summed E-state index contributed by atoms with van der Waals surface area (Å²) in [6, 6.07) is 17.2. The van der Waals surface area contributed by atoms with Crippen LogP contribution in [0.5, 0.6) is 5.75 Å². The lowest BCUT2D eigenvalue weighted by Crippen LogP contribution is -2.05. The normalized spacial score (nSPS) is 10.7. The number of thiazole rings is 1. The molecule has 2 N–H and O–H groups in total. The standard InChI is InChI=1S/C19H18N4O2S/c1-13(24)21-18-17(15-6-4-3-5-7-15)22-19(26-18)23-20-12-14-8-10-16(25-2)11-9-14/h3-12H,1-2H3,(H,21,24)(H,22,23)/b20-12-. The summed E-state index contributed by atoms with van der Waals surface area (Å²) >= 11 is 1.34. The fourth-order valence-corrected chi connectivity index (χ4v) is 3.14. The number of carbonyl (C=O) groups is 1. The van der Waals surface area contributed by atoms with E-state index in [9.17, 15) is 4.79 Å². The lowest BCUT2D eigenvalue weighted by atomic mass is 10.2. The monoisotopic (exact) mass is 366 g/mol. The van der Waals surface area contributed by atoms with Gasteiger partial charge < -0.3 is 10.1 Å². The predicted octanol–water partition coefficient (Wildman–Crippen LogP) is 4.22. The average molecular weight is 366 g/mol. The zero-order valence-electron chi connectivity index (χ0n) is 14.4. The second kappa shape index (κ2) is 8.26. The maximum Gasteiger partial charge on any atom is 0.221 e. The Labute approximate surface area is 155 Å². The number of nitrogens with one attached hydrogen (secondary N) is 2. The number of anilines is 2. The molecule has 0 atom stereocenters. The molecule has 0 saturated carbocycles. The lowest BCUT2D eigenvalue weighted by Gasteiger charge is -2.01. The Kier molecular flexibility index (Phi) is 5.60. The molecule has 0 bridgehead atoms. The van der Waals surface area contributed by atoms with Crippen LogP contribution in [0.25, 0.3) is 11.3 Å². The van der Waals surface area contributed by atoms with Crippen LogP contribution in [0.1, 0.15) is 12.5 Å². The summed E-state index contributed by atoms with van der Waals surface area (Å²) < 4.78 is 5.13. The van der Waals surface area contributed by atoms with Crippen molar-refractivity contribution in [2.75, 3.05) is 17.9 Å². The number of benzene rings is 2. The van der Waals surface area contributed by atoms with Gasteiger partial charge >= 0.3 is 0 Å². The molecule has 0 unspecified atom stereocenters. The van der Waals surface area contributed by atoms with Crippen LogP contribution in [0.3, 0.4) is 0 Å². The van der Waals surface area contributed by atoms with Crippen LogP contribution in [0.4, 0.5) is 10.1 Å². The molecule has 1 aromatic heterocycles. The van der Waals surface area contributed by atoms with E-state index in [0.29, 0.717) is 15.8 Å². The molecule has 3 aromatic rings. The molecule has 1 heterocycles. The topological polar surface area (TPSA) is 75.6 Å². The number of hydrogen-bond donors (Lipinski definition) is 2. The van der Waals surface area contributed by atoms with Gasteiger partial charge in [-0.2, -0.15) is 5.10 Å². The van der Waals surface area contributed by atoms with Gasteiger partial charge in [-0.3, -0.25) is 10.2 Å². The van der Waals surface area contributed by atoms with Crippen molar-refractivity contribution in [3.8, 4) is 17.0 Å². The van der Waals surface area contributed by atoms with Gasteiger partial charge in [0.05, 0.1) is 13.3 Å². The second-order valence-corrected chi connectivity index (χ2v) is 6.39. The van der Waals surface area contributed by atoms with Gasteiger partial charge in [0.1, 0.15) is 16.4 Å². The predicted molar refractivity (Wildman–Crippen MR) is 106 cm³/mol. The first-order chi connectivity index (χ1) is 12.7. The summed E-state index contributed by atoms with van der Waals surface area (Å²) in [4.78, 5) is 16.0. The fraction of sp³-hybridized carbons (Fsp3) is 0.105. The molecule has 0 fully saturated rings. The third kappa shape index (κ3) is 4.46. The number of carbonyl (C=O) groups excluding carboxylic acids is 1. The molecule has 132 valence electrons. The van der Waals surface area contributed by atoms with Crippen LogP contribution >= 0.6 is 11.3 Å². The SMILES string of the molecule is COc1ccc(/C=N\Nc2nc(-c3ccccc3)c(NC(C)=O)s2)cc1. The van der Waals surface area contributed by atoms with E-state index in [-0.39, 0.29) is 5.91 Å². The molecular weight excluding hydrogens is 348 g/mol. The van der Waals surface area contributed by atoms with Crippen LogP contribution in [-0.2, 0) is 4.79 Å². The van der Waals surface area contributed by atoms with Crippen LogP contribution < -0.4 is 15.5 Å². The van der Waals surface area contributed by atoms with E-state index in [0.717, 1.165) is 16.9 Å².